The fourth-order valence-electron chi connectivity index (χ4n) is 2.53. The van der Waals surface area contributed by atoms with E-state index in [1.54, 1.807) is 0 Å². The van der Waals surface area contributed by atoms with E-state index in [1.165, 1.54) is 0 Å². The predicted molar refractivity (Wildman–Crippen MR) is 74.8 cm³/mol. The maximum Gasteiger partial charge on any atom is 0.166 e. The minimum absolute atomic E-state index is 0.0509. The van der Waals surface area contributed by atoms with E-state index in [0.29, 0.717) is 12.8 Å². The normalized spacial score (nSPS) is 20.4. The van der Waals surface area contributed by atoms with Gasteiger partial charge in [-0.1, -0.05) is 44.2 Å². The van der Waals surface area contributed by atoms with Gasteiger partial charge in [0.25, 0.3) is 0 Å². The largest absolute Gasteiger partial charge is 0.303 e. The molecular weight excluding hydrogens is 222 g/mol. The Hall–Kier alpha value is -1.15. The van der Waals surface area contributed by atoms with Crippen molar-refractivity contribution in [1.82, 2.24) is 4.90 Å². The average molecular weight is 246 g/mol. The van der Waals surface area contributed by atoms with Gasteiger partial charge in [-0.05, 0) is 31.8 Å². The van der Waals surface area contributed by atoms with Gasteiger partial charge in [-0.15, -0.1) is 0 Å². The van der Waals surface area contributed by atoms with Crippen LogP contribution in [0.5, 0.6) is 0 Å². The lowest BCUT2D eigenvalue weighted by atomic mass is 9.95. The quantitative estimate of drug-likeness (QED) is 0.760. The molecule has 1 atom stereocenters. The molecule has 1 fully saturated rings. The van der Waals surface area contributed by atoms with Gasteiger partial charge in [0.2, 0.25) is 0 Å². The third-order valence-corrected chi connectivity index (χ3v) is 3.75. The monoisotopic (exact) mass is 246 g/mol. The Morgan fingerprint density at radius 3 is 2.67 bits per heavy atom. The number of hydrogen-bond donors (Lipinski definition) is 0. The number of nitrogens with zero attached hydrogens (tertiary/aromatic N) is 1. The van der Waals surface area contributed by atoms with Crippen LogP contribution in [-0.2, 0) is 0 Å². The molecule has 1 aliphatic heterocycles. The third kappa shape index (κ3) is 3.42. The lowest BCUT2D eigenvalue weighted by molar-refractivity contribution is 0.0873. The van der Waals surface area contributed by atoms with Crippen molar-refractivity contribution in [3.63, 3.8) is 0 Å². The van der Waals surface area contributed by atoms with Gasteiger partial charge < -0.3 is 4.90 Å². The van der Waals surface area contributed by atoms with Crippen molar-refractivity contribution in [3.8, 4) is 0 Å². The number of piperidine rings is 1. The number of rotatable bonds is 4. The molecule has 0 saturated carbocycles. The van der Waals surface area contributed by atoms with Crippen molar-refractivity contribution in [2.45, 2.75) is 26.7 Å². The summed E-state index contributed by atoms with van der Waals surface area (Å²) in [5.41, 5.74) is 0.816. The fraction of sp³-hybridized carbons (Fsp3) is 0.562. The molecule has 2 heteroatoms. The summed E-state index contributed by atoms with van der Waals surface area (Å²) < 4.78 is 7.41. The summed E-state index contributed by atoms with van der Waals surface area (Å²) in [6.07, 6.45) is 2.21. The second-order valence-corrected chi connectivity index (χ2v) is 5.38. The third-order valence-electron chi connectivity index (χ3n) is 3.75. The maximum atomic E-state index is 12.3. The minimum Gasteiger partial charge on any atom is -0.303 e. The molecule has 0 radical (unpaired) electrons. The molecule has 0 bridgehead atoms. The van der Waals surface area contributed by atoms with Crippen molar-refractivity contribution < 1.29 is 6.17 Å². The van der Waals surface area contributed by atoms with E-state index in [1.807, 2.05) is 37.3 Å². The van der Waals surface area contributed by atoms with E-state index in [4.69, 9.17) is 1.37 Å². The van der Waals surface area contributed by atoms with E-state index < -0.39 is 0 Å². The summed E-state index contributed by atoms with van der Waals surface area (Å²) in [5.74, 6) is 0.856. The van der Waals surface area contributed by atoms with E-state index in [2.05, 4.69) is 4.90 Å². The molecule has 1 unspecified atom stereocenters. The number of carbonyl (C=O) groups is 1. The molecule has 0 spiro atoms. The second kappa shape index (κ2) is 6.14. The van der Waals surface area contributed by atoms with Gasteiger partial charge in [-0.2, -0.15) is 0 Å². The molecule has 2 nitrogen and oxygen atoms in total. The highest BCUT2D eigenvalue weighted by molar-refractivity contribution is 5.97. The van der Waals surface area contributed by atoms with Gasteiger partial charge in [0.1, 0.15) is 0 Å². The highest BCUT2D eigenvalue weighted by Gasteiger charge is 2.21. The van der Waals surface area contributed by atoms with Crippen LogP contribution in [0.4, 0.5) is 0 Å². The Morgan fingerprint density at radius 1 is 1.39 bits per heavy atom. The van der Waals surface area contributed by atoms with Crippen molar-refractivity contribution >= 4 is 5.78 Å². The number of benzene rings is 1. The molecule has 1 aromatic rings. The Morgan fingerprint density at radius 2 is 2.06 bits per heavy atom. The van der Waals surface area contributed by atoms with Gasteiger partial charge in [0, 0.05) is 19.4 Å². The molecule has 98 valence electrons. The van der Waals surface area contributed by atoms with Crippen LogP contribution in [0, 0.1) is 11.8 Å². The summed E-state index contributed by atoms with van der Waals surface area (Å²) in [4.78, 5) is 14.7. The summed E-state index contributed by atoms with van der Waals surface area (Å²) in [6.45, 7) is 5.49. The second-order valence-electron chi connectivity index (χ2n) is 5.38. The highest BCUT2D eigenvalue weighted by atomic mass is 16.1. The minimum atomic E-state index is 0.0509. The van der Waals surface area contributed by atoms with E-state index in [0.717, 1.165) is 38.0 Å². The zero-order valence-corrected chi connectivity index (χ0v) is 11.1. The molecule has 1 aromatic carbocycles. The smallest absolute Gasteiger partial charge is 0.166 e. The molecule has 0 amide bonds. The SMILES string of the molecule is [2H]CC1CCN(CC(C)C(=O)c2ccccc2)CC1. The molecule has 1 heterocycles. The van der Waals surface area contributed by atoms with Gasteiger partial charge in [-0.25, -0.2) is 0 Å². The maximum absolute atomic E-state index is 12.3. The van der Waals surface area contributed by atoms with Crippen LogP contribution in [0.25, 0.3) is 0 Å². The van der Waals surface area contributed by atoms with Crippen LogP contribution in [0.15, 0.2) is 30.3 Å². The van der Waals surface area contributed by atoms with Crippen LogP contribution in [-0.4, -0.2) is 30.3 Å². The number of likely N-dealkylation sites (tertiary alicyclic amines) is 1. The molecule has 0 aliphatic carbocycles. The average Bonchev–Trinajstić information content (AvgIpc) is 2.48. The first-order chi connectivity index (χ1) is 9.20. The first kappa shape index (κ1) is 11.9. The topological polar surface area (TPSA) is 20.3 Å². The number of Topliss-reactive ketones (excluding diaryl/α,β-unsaturated/α-hetero) is 1. The van der Waals surface area contributed by atoms with Crippen LogP contribution in [0.2, 0.25) is 0 Å². The Labute approximate surface area is 111 Å². The first-order valence-corrected chi connectivity index (χ1v) is 6.81. The lowest BCUT2D eigenvalue weighted by Gasteiger charge is -2.31. The van der Waals surface area contributed by atoms with E-state index in [-0.39, 0.29) is 11.7 Å². The van der Waals surface area contributed by atoms with E-state index >= 15 is 0 Å². The molecule has 0 N–H and O–H groups in total. The molecule has 18 heavy (non-hydrogen) atoms. The Balaban J connectivity index is 1.84. The van der Waals surface area contributed by atoms with Gasteiger partial charge in [0.15, 0.2) is 5.78 Å². The van der Waals surface area contributed by atoms with Crippen molar-refractivity contribution in [2.24, 2.45) is 11.8 Å². The standard InChI is InChI=1S/C16H23NO/c1-13-8-10-17(11-9-13)12-14(2)16(18)15-6-4-3-5-7-15/h3-7,13-14H,8-12H2,1-2H3/i1D. The number of carbonyl (C=O) groups excluding carboxylic acids is 1. The predicted octanol–water partition coefficient (Wildman–Crippen LogP) is 3.24. The summed E-state index contributed by atoms with van der Waals surface area (Å²) in [5, 5.41) is 0. The molecule has 1 aliphatic rings. The van der Waals surface area contributed by atoms with Crippen LogP contribution in [0.1, 0.15) is 38.4 Å². The van der Waals surface area contributed by atoms with Crippen molar-refractivity contribution in [3.05, 3.63) is 35.9 Å². The Kier molecular flexibility index (Phi) is 4.07. The lowest BCUT2D eigenvalue weighted by Crippen LogP contribution is -2.37. The van der Waals surface area contributed by atoms with Crippen LogP contribution >= 0.6 is 0 Å². The molecule has 0 aromatic heterocycles. The fourth-order valence-corrected chi connectivity index (χ4v) is 2.53. The van der Waals surface area contributed by atoms with Gasteiger partial charge in [0.05, 0.1) is 0 Å². The number of ketones is 1. The highest BCUT2D eigenvalue weighted by Crippen LogP contribution is 2.18. The molecule has 1 saturated heterocycles. The summed E-state index contributed by atoms with van der Waals surface area (Å²) >= 11 is 0. The van der Waals surface area contributed by atoms with Gasteiger partial charge >= 0.3 is 0 Å². The van der Waals surface area contributed by atoms with Crippen molar-refractivity contribution in [1.29, 1.82) is 0 Å². The zero-order valence-electron chi connectivity index (χ0n) is 12.1. The zero-order chi connectivity index (χ0) is 13.7. The molecular formula is C16H23NO. The molecule has 2 rings (SSSR count). The summed E-state index contributed by atoms with van der Waals surface area (Å²) in [6, 6.07) is 9.56. The summed E-state index contributed by atoms with van der Waals surface area (Å²) in [7, 11) is 0. The number of hydrogen-bond acceptors (Lipinski definition) is 2. The van der Waals surface area contributed by atoms with Crippen molar-refractivity contribution in [2.75, 3.05) is 19.6 Å². The van der Waals surface area contributed by atoms with Crippen LogP contribution < -0.4 is 0 Å². The Bertz CT molecular complexity index is 398. The van der Waals surface area contributed by atoms with Crippen LogP contribution in [0.3, 0.4) is 0 Å². The van der Waals surface area contributed by atoms with Gasteiger partial charge in [-0.3, -0.25) is 4.79 Å². The first-order valence-electron chi connectivity index (χ1n) is 7.52. The van der Waals surface area contributed by atoms with E-state index in [9.17, 15) is 4.79 Å².